The number of benzene rings is 2. The van der Waals surface area contributed by atoms with E-state index in [1.165, 1.54) is 18.2 Å². The van der Waals surface area contributed by atoms with Crippen molar-refractivity contribution in [1.82, 2.24) is 5.01 Å². The lowest BCUT2D eigenvalue weighted by molar-refractivity contribution is -0.135. The molecular formula is C20H15BrN2O5. The van der Waals surface area contributed by atoms with Crippen molar-refractivity contribution in [2.75, 3.05) is 7.11 Å². The van der Waals surface area contributed by atoms with Gasteiger partial charge in [-0.15, -0.1) is 5.10 Å². The number of halogens is 1. The van der Waals surface area contributed by atoms with Gasteiger partial charge in [-0.2, -0.15) is 5.01 Å². The van der Waals surface area contributed by atoms with Gasteiger partial charge in [0, 0.05) is 17.0 Å². The smallest absolute Gasteiger partial charge is 0.248 e. The van der Waals surface area contributed by atoms with Gasteiger partial charge in [0.2, 0.25) is 23.5 Å². The van der Waals surface area contributed by atoms with Crippen molar-refractivity contribution in [2.24, 2.45) is 5.10 Å². The van der Waals surface area contributed by atoms with Crippen molar-refractivity contribution in [3.63, 3.8) is 0 Å². The number of methoxy groups -OCH3 is 1. The number of rotatable bonds is 3. The zero-order valence-corrected chi connectivity index (χ0v) is 16.6. The van der Waals surface area contributed by atoms with Crippen LogP contribution in [0.5, 0.6) is 5.75 Å². The lowest BCUT2D eigenvalue weighted by Gasteiger charge is -2.19. The van der Waals surface area contributed by atoms with Crippen LogP contribution in [0, 0.1) is 0 Å². The Bertz CT molecular complexity index is 1150. The molecule has 1 aliphatic heterocycles. The second-order valence-corrected chi connectivity index (χ2v) is 7.05. The molecule has 0 bridgehead atoms. The monoisotopic (exact) mass is 442 g/mol. The number of carbonyl (C=O) groups excluding carboxylic acids is 1. The molecule has 1 unspecified atom stereocenters. The number of hydrogen-bond acceptors (Lipinski definition) is 6. The van der Waals surface area contributed by atoms with Gasteiger partial charge in [-0.05, 0) is 42.5 Å². The number of amides is 1. The topological polar surface area (TPSA) is 81.3 Å². The molecule has 1 aromatic heterocycles. The molecule has 4 rings (SSSR count). The van der Waals surface area contributed by atoms with E-state index in [2.05, 4.69) is 21.0 Å². The Morgan fingerprint density at radius 1 is 1.21 bits per heavy atom. The van der Waals surface area contributed by atoms with Gasteiger partial charge in [0.05, 0.1) is 12.5 Å². The number of nitrogens with zero attached hydrogens (tertiary/aromatic N) is 2. The van der Waals surface area contributed by atoms with E-state index >= 15 is 0 Å². The zero-order chi connectivity index (χ0) is 19.8. The van der Waals surface area contributed by atoms with Crippen molar-refractivity contribution >= 4 is 38.7 Å². The normalized spacial score (nSPS) is 16.0. The molecule has 0 saturated heterocycles. The third kappa shape index (κ3) is 3.16. The summed E-state index contributed by atoms with van der Waals surface area (Å²) in [6.45, 7) is 1.38. The SMILES string of the molecule is COc1ccc(C2OC(c3coc4ccc(Br)cc4c3=O)=NN2C(C)=O)cc1. The molecule has 2 aromatic carbocycles. The molecule has 28 heavy (non-hydrogen) atoms. The van der Waals surface area contributed by atoms with Crippen LogP contribution in [0.2, 0.25) is 0 Å². The molecule has 7 nitrogen and oxygen atoms in total. The standard InChI is InChI=1S/C20H15BrN2O5/c1-11(24)23-20(12-3-6-14(26-2)7-4-12)28-19(22-23)16-10-27-17-8-5-13(21)9-15(17)18(16)25/h3-10,20H,1-2H3. The Balaban J connectivity index is 1.75. The first-order valence-corrected chi connectivity index (χ1v) is 9.17. The lowest BCUT2D eigenvalue weighted by atomic mass is 10.1. The highest BCUT2D eigenvalue weighted by atomic mass is 79.9. The molecule has 1 atom stereocenters. The van der Waals surface area contributed by atoms with Gasteiger partial charge in [-0.3, -0.25) is 9.59 Å². The van der Waals surface area contributed by atoms with Gasteiger partial charge >= 0.3 is 0 Å². The largest absolute Gasteiger partial charge is 0.497 e. The molecule has 0 fully saturated rings. The maximum absolute atomic E-state index is 12.9. The van der Waals surface area contributed by atoms with Gasteiger partial charge in [0.25, 0.3) is 0 Å². The average molecular weight is 443 g/mol. The predicted octanol–water partition coefficient (Wildman–Crippen LogP) is 3.80. The fraction of sp³-hybridized carbons (Fsp3) is 0.150. The molecule has 3 aromatic rings. The minimum absolute atomic E-state index is 0.0339. The van der Waals surface area contributed by atoms with Crippen LogP contribution in [0.25, 0.3) is 11.0 Å². The maximum Gasteiger partial charge on any atom is 0.248 e. The first kappa shape index (κ1) is 18.2. The van der Waals surface area contributed by atoms with Crippen molar-refractivity contribution in [3.8, 4) is 5.75 Å². The quantitative estimate of drug-likeness (QED) is 0.615. The van der Waals surface area contributed by atoms with Gasteiger partial charge in [0.15, 0.2) is 0 Å². The summed E-state index contributed by atoms with van der Waals surface area (Å²) in [6.07, 6.45) is 0.516. The Kier molecular flexibility index (Phi) is 4.64. The summed E-state index contributed by atoms with van der Waals surface area (Å²) in [7, 11) is 1.57. The first-order valence-electron chi connectivity index (χ1n) is 8.38. The summed E-state index contributed by atoms with van der Waals surface area (Å²) in [6, 6.07) is 12.2. The third-order valence-electron chi connectivity index (χ3n) is 4.33. The summed E-state index contributed by atoms with van der Waals surface area (Å²) < 4.78 is 17.3. The fourth-order valence-corrected chi connectivity index (χ4v) is 3.27. The minimum Gasteiger partial charge on any atom is -0.497 e. The number of fused-ring (bicyclic) bond motifs is 1. The highest BCUT2D eigenvalue weighted by Crippen LogP contribution is 2.31. The maximum atomic E-state index is 12.9. The first-order chi connectivity index (χ1) is 13.5. The van der Waals surface area contributed by atoms with E-state index in [0.29, 0.717) is 22.3 Å². The average Bonchev–Trinajstić information content (AvgIpc) is 3.14. The highest BCUT2D eigenvalue weighted by molar-refractivity contribution is 9.10. The predicted molar refractivity (Wildman–Crippen MR) is 106 cm³/mol. The van der Waals surface area contributed by atoms with Crippen molar-refractivity contribution in [2.45, 2.75) is 13.2 Å². The van der Waals surface area contributed by atoms with Crippen molar-refractivity contribution in [3.05, 3.63) is 74.6 Å². The van der Waals surface area contributed by atoms with Gasteiger partial charge in [-0.25, -0.2) is 0 Å². The number of hydrazone groups is 1. The van der Waals surface area contributed by atoms with Gasteiger partial charge in [0.1, 0.15) is 23.2 Å². The molecular weight excluding hydrogens is 428 g/mol. The Morgan fingerprint density at radius 2 is 1.96 bits per heavy atom. The van der Waals surface area contributed by atoms with E-state index in [1.807, 2.05) is 0 Å². The van der Waals surface area contributed by atoms with Crippen LogP contribution < -0.4 is 10.2 Å². The van der Waals surface area contributed by atoms with Crippen LogP contribution in [0.4, 0.5) is 0 Å². The van der Waals surface area contributed by atoms with Crippen LogP contribution in [-0.2, 0) is 9.53 Å². The summed E-state index contributed by atoms with van der Waals surface area (Å²) >= 11 is 3.35. The lowest BCUT2D eigenvalue weighted by Crippen LogP contribution is -2.25. The Hall–Kier alpha value is -3.13. The number of ether oxygens (including phenoxy) is 2. The second-order valence-electron chi connectivity index (χ2n) is 6.13. The summed E-state index contributed by atoms with van der Waals surface area (Å²) in [5, 5.41) is 5.81. The molecule has 1 aliphatic rings. The Morgan fingerprint density at radius 3 is 2.64 bits per heavy atom. The van der Waals surface area contributed by atoms with Crippen LogP contribution in [0.1, 0.15) is 24.3 Å². The van der Waals surface area contributed by atoms with Crippen LogP contribution in [0.3, 0.4) is 0 Å². The van der Waals surface area contributed by atoms with E-state index < -0.39 is 6.23 Å². The zero-order valence-electron chi connectivity index (χ0n) is 15.0. The molecule has 0 spiro atoms. The molecule has 1 amide bonds. The van der Waals surface area contributed by atoms with Crippen molar-refractivity contribution < 1.29 is 18.7 Å². The highest BCUT2D eigenvalue weighted by Gasteiger charge is 2.34. The van der Waals surface area contributed by atoms with Crippen LogP contribution in [-0.4, -0.2) is 23.9 Å². The van der Waals surface area contributed by atoms with E-state index in [9.17, 15) is 9.59 Å². The molecule has 142 valence electrons. The molecule has 8 heteroatoms. The van der Waals surface area contributed by atoms with E-state index in [1.54, 1.807) is 49.6 Å². The van der Waals surface area contributed by atoms with E-state index in [0.717, 1.165) is 4.47 Å². The summed E-state index contributed by atoms with van der Waals surface area (Å²) in [5.74, 6) is 0.397. The molecule has 0 saturated carbocycles. The number of carbonyl (C=O) groups is 1. The van der Waals surface area contributed by atoms with Crippen LogP contribution >= 0.6 is 15.9 Å². The molecule has 0 aliphatic carbocycles. The molecule has 0 N–H and O–H groups in total. The summed E-state index contributed by atoms with van der Waals surface area (Å²) in [5.41, 5.74) is 1.00. The second kappa shape index (κ2) is 7.12. The number of hydrogen-bond donors (Lipinski definition) is 0. The van der Waals surface area contributed by atoms with E-state index in [4.69, 9.17) is 13.9 Å². The van der Waals surface area contributed by atoms with Crippen molar-refractivity contribution in [1.29, 1.82) is 0 Å². The van der Waals surface area contributed by atoms with E-state index in [-0.39, 0.29) is 22.8 Å². The van der Waals surface area contributed by atoms with Gasteiger partial charge in [-0.1, -0.05) is 15.9 Å². The van der Waals surface area contributed by atoms with Gasteiger partial charge < -0.3 is 13.9 Å². The summed E-state index contributed by atoms with van der Waals surface area (Å²) in [4.78, 5) is 25.0. The third-order valence-corrected chi connectivity index (χ3v) is 4.83. The molecule has 0 radical (unpaired) electrons. The van der Waals surface area contributed by atoms with Crippen LogP contribution in [0.15, 0.2) is 67.5 Å². The minimum atomic E-state index is -0.781. The fourth-order valence-electron chi connectivity index (χ4n) is 2.91. The Labute approximate surface area is 168 Å². The molecule has 2 heterocycles.